The lowest BCUT2D eigenvalue weighted by atomic mass is 10.1. The zero-order chi connectivity index (χ0) is 25.5. The van der Waals surface area contributed by atoms with E-state index in [2.05, 4.69) is 16.6 Å². The first-order valence-electron chi connectivity index (χ1n) is 10.8. The molecule has 0 spiro atoms. The van der Waals surface area contributed by atoms with E-state index in [4.69, 9.17) is 0 Å². The van der Waals surface area contributed by atoms with Gasteiger partial charge in [-0.25, -0.2) is 17.2 Å². The number of rotatable bonds is 8. The van der Waals surface area contributed by atoms with Crippen LogP contribution in [-0.4, -0.2) is 17.7 Å². The fourth-order valence-electron chi connectivity index (χ4n) is 4.40. The summed E-state index contributed by atoms with van der Waals surface area (Å²) < 4.78 is 59.2. The molecule has 2 unspecified atom stereocenters. The average Bonchev–Trinajstić information content (AvgIpc) is 3.53. The molecule has 1 aliphatic carbocycles. The number of pyridine rings is 1. The second-order valence-electron chi connectivity index (χ2n) is 8.68. The maximum atomic E-state index is 14.6. The number of hydrogen-bond acceptors (Lipinski definition) is 4. The highest BCUT2D eigenvalue weighted by atomic mass is 127. The molecule has 4 rings (SSSR count). The number of nitrogens with zero attached hydrogens (tertiary/aromatic N) is 1. The molecule has 0 saturated heterocycles. The summed E-state index contributed by atoms with van der Waals surface area (Å²) in [6.07, 6.45) is 1.98. The minimum absolute atomic E-state index is 0.0922. The van der Waals surface area contributed by atoms with E-state index in [1.807, 2.05) is 22.6 Å². The van der Waals surface area contributed by atoms with Crippen LogP contribution in [0.25, 0.3) is 0 Å². The Bertz CT molecular complexity index is 1490. The first-order valence-corrected chi connectivity index (χ1v) is 13.4. The van der Waals surface area contributed by atoms with E-state index < -0.39 is 32.3 Å². The Morgan fingerprint density at radius 3 is 2.60 bits per heavy atom. The van der Waals surface area contributed by atoms with Crippen LogP contribution in [0.5, 0.6) is 0 Å². The summed E-state index contributed by atoms with van der Waals surface area (Å²) >= 11 is 1.98. The number of benzene rings is 2. The minimum atomic E-state index is -4.05. The van der Waals surface area contributed by atoms with Gasteiger partial charge in [0.1, 0.15) is 22.2 Å². The molecular formula is C25H24F2IN3O3S. The SMILES string of the molecule is C=CCC1(S(=O)(=O)Nc2cc(C)c(=O)n(C)c2Nc2ccc(I)cc2F)CC1c1cccc(F)c1. The monoisotopic (exact) mass is 611 g/mol. The van der Waals surface area contributed by atoms with E-state index in [-0.39, 0.29) is 35.6 Å². The van der Waals surface area contributed by atoms with Gasteiger partial charge < -0.3 is 5.32 Å². The van der Waals surface area contributed by atoms with Crippen molar-refractivity contribution >= 4 is 49.8 Å². The molecule has 6 nitrogen and oxygen atoms in total. The van der Waals surface area contributed by atoms with Gasteiger partial charge >= 0.3 is 0 Å². The largest absolute Gasteiger partial charge is 0.337 e. The Labute approximate surface area is 216 Å². The molecule has 0 amide bonds. The summed E-state index contributed by atoms with van der Waals surface area (Å²) in [4.78, 5) is 12.6. The summed E-state index contributed by atoms with van der Waals surface area (Å²) in [6, 6.07) is 11.9. The molecule has 2 N–H and O–H groups in total. The lowest BCUT2D eigenvalue weighted by molar-refractivity contribution is 0.579. The number of sulfonamides is 1. The summed E-state index contributed by atoms with van der Waals surface area (Å²) in [5.41, 5.74) is 0.749. The normalized spacial score (nSPS) is 19.3. The van der Waals surface area contributed by atoms with E-state index in [0.29, 0.717) is 14.7 Å². The standard InChI is InChI=1S/C25H24F2IN3O3S/c1-4-10-25(14-19(25)16-6-5-7-17(26)12-16)35(33,34)30-22-11-15(2)24(32)31(3)23(22)29-21-9-8-18(28)13-20(21)27/h4-9,11-13,19,29-30H,1,10,14H2,2-3H3. The van der Waals surface area contributed by atoms with E-state index >= 15 is 0 Å². The van der Waals surface area contributed by atoms with Crippen molar-refractivity contribution in [3.8, 4) is 0 Å². The van der Waals surface area contributed by atoms with Crippen molar-refractivity contribution in [2.75, 3.05) is 10.0 Å². The van der Waals surface area contributed by atoms with Crippen LogP contribution < -0.4 is 15.6 Å². The predicted molar refractivity (Wildman–Crippen MR) is 143 cm³/mol. The summed E-state index contributed by atoms with van der Waals surface area (Å²) in [7, 11) is -2.57. The van der Waals surface area contributed by atoms with Crippen LogP contribution in [-0.2, 0) is 17.1 Å². The number of halogens is 3. The van der Waals surface area contributed by atoms with Crippen LogP contribution >= 0.6 is 22.6 Å². The van der Waals surface area contributed by atoms with Gasteiger partial charge in [0.05, 0.1) is 11.4 Å². The van der Waals surface area contributed by atoms with Crippen molar-refractivity contribution in [2.24, 2.45) is 7.05 Å². The van der Waals surface area contributed by atoms with Crippen LogP contribution in [0.4, 0.5) is 26.0 Å². The smallest absolute Gasteiger partial charge is 0.254 e. The number of hydrogen-bond donors (Lipinski definition) is 2. The lowest BCUT2D eigenvalue weighted by Crippen LogP contribution is -2.32. The maximum absolute atomic E-state index is 14.6. The molecule has 1 aromatic heterocycles. The Morgan fingerprint density at radius 1 is 1.20 bits per heavy atom. The summed E-state index contributed by atoms with van der Waals surface area (Å²) in [6.45, 7) is 5.29. The van der Waals surface area contributed by atoms with Crippen LogP contribution in [0.2, 0.25) is 0 Å². The molecular weight excluding hydrogens is 587 g/mol. The number of anilines is 3. The van der Waals surface area contributed by atoms with Gasteiger partial charge in [-0.15, -0.1) is 6.58 Å². The number of aromatic nitrogens is 1. The first-order chi connectivity index (χ1) is 16.5. The van der Waals surface area contributed by atoms with Gasteiger partial charge in [0.15, 0.2) is 0 Å². The molecule has 10 heteroatoms. The van der Waals surface area contributed by atoms with E-state index in [0.717, 1.165) is 0 Å². The Kier molecular flexibility index (Phi) is 6.80. The van der Waals surface area contributed by atoms with Crippen molar-refractivity contribution < 1.29 is 17.2 Å². The molecule has 2 atom stereocenters. The molecule has 0 radical (unpaired) electrons. The van der Waals surface area contributed by atoms with E-state index in [9.17, 15) is 22.0 Å². The molecule has 2 aromatic carbocycles. The van der Waals surface area contributed by atoms with Gasteiger partial charge in [-0.3, -0.25) is 14.1 Å². The summed E-state index contributed by atoms with van der Waals surface area (Å²) in [5, 5.41) is 2.87. The average molecular weight is 611 g/mol. The number of allylic oxidation sites excluding steroid dienone is 1. The van der Waals surface area contributed by atoms with Crippen LogP contribution in [0.1, 0.15) is 29.9 Å². The fraction of sp³-hybridized carbons (Fsp3) is 0.240. The van der Waals surface area contributed by atoms with Crippen LogP contribution in [0, 0.1) is 22.1 Å². The molecule has 0 bridgehead atoms. The zero-order valence-electron chi connectivity index (χ0n) is 19.1. The highest BCUT2D eigenvalue weighted by Gasteiger charge is 2.63. The van der Waals surface area contributed by atoms with Crippen molar-refractivity contribution in [3.63, 3.8) is 0 Å². The van der Waals surface area contributed by atoms with Crippen LogP contribution in [0.15, 0.2) is 66.0 Å². The van der Waals surface area contributed by atoms with Gasteiger partial charge in [0.2, 0.25) is 10.0 Å². The van der Waals surface area contributed by atoms with Crippen molar-refractivity contribution in [1.29, 1.82) is 0 Å². The third-order valence-corrected chi connectivity index (χ3v) is 9.17. The van der Waals surface area contributed by atoms with Gasteiger partial charge in [0.25, 0.3) is 5.56 Å². The molecule has 0 aliphatic heterocycles. The topological polar surface area (TPSA) is 80.2 Å². The van der Waals surface area contributed by atoms with Crippen molar-refractivity contribution in [2.45, 2.75) is 30.4 Å². The van der Waals surface area contributed by atoms with Gasteiger partial charge in [-0.1, -0.05) is 18.2 Å². The van der Waals surface area contributed by atoms with Crippen LogP contribution in [0.3, 0.4) is 0 Å². The first kappa shape index (κ1) is 25.4. The Hall–Kier alpha value is -2.73. The summed E-state index contributed by atoms with van der Waals surface area (Å²) in [5.74, 6) is -1.31. The Morgan fingerprint density at radius 2 is 1.94 bits per heavy atom. The Balaban J connectivity index is 1.76. The third kappa shape index (κ3) is 4.73. The number of nitrogens with one attached hydrogen (secondary N) is 2. The molecule has 1 saturated carbocycles. The van der Waals surface area contributed by atoms with E-state index in [1.165, 1.54) is 48.0 Å². The molecule has 35 heavy (non-hydrogen) atoms. The van der Waals surface area contributed by atoms with Gasteiger partial charge in [-0.2, -0.15) is 0 Å². The molecule has 1 aliphatic rings. The molecule has 1 heterocycles. The number of aryl methyl sites for hydroxylation is 1. The quantitative estimate of drug-likeness (QED) is 0.258. The third-order valence-electron chi connectivity index (χ3n) is 6.32. The lowest BCUT2D eigenvalue weighted by Gasteiger charge is -2.22. The maximum Gasteiger partial charge on any atom is 0.254 e. The minimum Gasteiger partial charge on any atom is -0.337 e. The second kappa shape index (κ2) is 9.38. The van der Waals surface area contributed by atoms with Gasteiger partial charge in [0, 0.05) is 22.1 Å². The highest BCUT2D eigenvalue weighted by molar-refractivity contribution is 14.1. The molecule has 3 aromatic rings. The van der Waals surface area contributed by atoms with E-state index in [1.54, 1.807) is 25.1 Å². The van der Waals surface area contributed by atoms with Gasteiger partial charge in [-0.05, 0) is 84.3 Å². The van der Waals surface area contributed by atoms with Crippen molar-refractivity contribution in [3.05, 3.63) is 97.9 Å². The zero-order valence-corrected chi connectivity index (χ0v) is 22.1. The molecule has 184 valence electrons. The van der Waals surface area contributed by atoms with Crippen molar-refractivity contribution in [1.82, 2.24) is 4.57 Å². The fourth-order valence-corrected chi connectivity index (χ4v) is 6.73. The second-order valence-corrected chi connectivity index (χ2v) is 11.9. The predicted octanol–water partition coefficient (Wildman–Crippen LogP) is 5.56. The highest BCUT2D eigenvalue weighted by Crippen LogP contribution is 2.59. The molecule has 1 fully saturated rings.